The van der Waals surface area contributed by atoms with Crippen LogP contribution >= 0.6 is 0 Å². The van der Waals surface area contributed by atoms with Crippen LogP contribution in [0.3, 0.4) is 0 Å². The van der Waals surface area contributed by atoms with Crippen LogP contribution in [-0.2, 0) is 6.54 Å². The fourth-order valence-corrected chi connectivity index (χ4v) is 1.78. The minimum atomic E-state index is 0.175. The lowest BCUT2D eigenvalue weighted by molar-refractivity contribution is 0.239. The molecule has 0 heterocycles. The molecule has 106 valence electrons. The van der Waals surface area contributed by atoms with E-state index in [9.17, 15) is 0 Å². The number of benzene rings is 1. The van der Waals surface area contributed by atoms with Gasteiger partial charge in [-0.1, -0.05) is 12.1 Å². The van der Waals surface area contributed by atoms with Crippen molar-refractivity contribution in [2.24, 2.45) is 4.99 Å². The quantitative estimate of drug-likeness (QED) is 0.669. The van der Waals surface area contributed by atoms with Crippen molar-refractivity contribution in [2.75, 3.05) is 21.1 Å². The van der Waals surface area contributed by atoms with Gasteiger partial charge in [0.1, 0.15) is 5.75 Å². The molecule has 0 unspecified atom stereocenters. The Morgan fingerprint density at radius 3 is 2.58 bits per heavy atom. The molecular weight excluding hydrogens is 238 g/mol. The van der Waals surface area contributed by atoms with Crippen LogP contribution in [0.25, 0.3) is 0 Å². The molecule has 0 aromatic heterocycles. The molecule has 1 N–H and O–H groups in total. The molecule has 0 saturated heterocycles. The summed E-state index contributed by atoms with van der Waals surface area (Å²) in [5.41, 5.74) is 2.35. The molecule has 1 aromatic carbocycles. The molecule has 0 radical (unpaired) electrons. The third kappa shape index (κ3) is 4.81. The number of aryl methyl sites for hydroxylation is 1. The molecule has 0 bridgehead atoms. The van der Waals surface area contributed by atoms with Crippen molar-refractivity contribution in [2.45, 2.75) is 33.4 Å². The predicted molar refractivity (Wildman–Crippen MR) is 80.8 cm³/mol. The van der Waals surface area contributed by atoms with Gasteiger partial charge >= 0.3 is 0 Å². The van der Waals surface area contributed by atoms with Crippen LogP contribution < -0.4 is 10.1 Å². The molecule has 0 saturated carbocycles. The van der Waals surface area contributed by atoms with Crippen LogP contribution in [0.5, 0.6) is 5.75 Å². The fraction of sp³-hybridized carbons (Fsp3) is 0.533. The summed E-state index contributed by atoms with van der Waals surface area (Å²) >= 11 is 0. The molecule has 4 nitrogen and oxygen atoms in total. The molecule has 0 fully saturated rings. The zero-order valence-electron chi connectivity index (χ0n) is 12.8. The highest BCUT2D eigenvalue weighted by atomic mass is 16.5. The van der Waals surface area contributed by atoms with E-state index in [4.69, 9.17) is 4.74 Å². The van der Waals surface area contributed by atoms with Crippen LogP contribution in [0.1, 0.15) is 25.0 Å². The Morgan fingerprint density at radius 2 is 2.05 bits per heavy atom. The van der Waals surface area contributed by atoms with Gasteiger partial charge in [-0.25, -0.2) is 0 Å². The number of aliphatic imine (C=N–C) groups is 1. The van der Waals surface area contributed by atoms with Crippen molar-refractivity contribution in [1.82, 2.24) is 10.2 Å². The summed E-state index contributed by atoms with van der Waals surface area (Å²) in [4.78, 5) is 6.16. The molecule has 0 aliphatic carbocycles. The number of nitrogens with zero attached hydrogens (tertiary/aromatic N) is 2. The molecule has 1 rings (SSSR count). The van der Waals surface area contributed by atoms with Crippen LogP contribution in [0.4, 0.5) is 0 Å². The first kappa shape index (κ1) is 15.3. The van der Waals surface area contributed by atoms with E-state index >= 15 is 0 Å². The monoisotopic (exact) mass is 263 g/mol. The molecule has 4 heteroatoms. The zero-order valence-corrected chi connectivity index (χ0v) is 12.8. The Labute approximate surface area is 116 Å². The Morgan fingerprint density at radius 1 is 1.37 bits per heavy atom. The van der Waals surface area contributed by atoms with Crippen molar-refractivity contribution < 1.29 is 4.74 Å². The van der Waals surface area contributed by atoms with Gasteiger partial charge in [0.25, 0.3) is 0 Å². The lowest BCUT2D eigenvalue weighted by Crippen LogP contribution is -2.35. The molecule has 0 aliphatic rings. The van der Waals surface area contributed by atoms with E-state index in [-0.39, 0.29) is 6.10 Å². The van der Waals surface area contributed by atoms with Crippen molar-refractivity contribution in [3.05, 3.63) is 29.3 Å². The summed E-state index contributed by atoms with van der Waals surface area (Å²) in [6.07, 6.45) is 0.175. The van der Waals surface area contributed by atoms with Gasteiger partial charge in [-0.3, -0.25) is 4.99 Å². The third-order valence-corrected chi connectivity index (χ3v) is 2.66. The van der Waals surface area contributed by atoms with Crippen LogP contribution in [0.15, 0.2) is 23.2 Å². The number of ether oxygens (including phenoxy) is 1. The highest BCUT2D eigenvalue weighted by Crippen LogP contribution is 2.21. The second-order valence-electron chi connectivity index (χ2n) is 5.07. The molecule has 0 atom stereocenters. The molecule has 0 amide bonds. The van der Waals surface area contributed by atoms with Gasteiger partial charge in [0.05, 0.1) is 6.10 Å². The maximum atomic E-state index is 5.86. The van der Waals surface area contributed by atoms with Crippen LogP contribution in [0.2, 0.25) is 0 Å². The second-order valence-corrected chi connectivity index (χ2v) is 5.07. The van der Waals surface area contributed by atoms with Gasteiger partial charge in [-0.15, -0.1) is 0 Å². The second kappa shape index (κ2) is 7.02. The molecule has 1 aromatic rings. The summed E-state index contributed by atoms with van der Waals surface area (Å²) in [7, 11) is 5.72. The van der Waals surface area contributed by atoms with Crippen LogP contribution in [0, 0.1) is 6.92 Å². The highest BCUT2D eigenvalue weighted by Gasteiger charge is 2.08. The predicted octanol–water partition coefficient (Wildman–Crippen LogP) is 2.42. The van der Waals surface area contributed by atoms with E-state index in [1.807, 2.05) is 32.8 Å². The molecule has 0 spiro atoms. The number of nitrogens with one attached hydrogen (secondary N) is 1. The summed E-state index contributed by atoms with van der Waals surface area (Å²) < 4.78 is 5.86. The average Bonchev–Trinajstić information content (AvgIpc) is 2.31. The lowest BCUT2D eigenvalue weighted by atomic mass is 10.1. The number of rotatable bonds is 4. The Hall–Kier alpha value is -1.71. The van der Waals surface area contributed by atoms with E-state index in [0.29, 0.717) is 6.54 Å². The largest absolute Gasteiger partial charge is 0.491 e. The minimum absolute atomic E-state index is 0.175. The van der Waals surface area contributed by atoms with Crippen molar-refractivity contribution in [3.63, 3.8) is 0 Å². The van der Waals surface area contributed by atoms with E-state index in [1.165, 1.54) is 5.56 Å². The summed E-state index contributed by atoms with van der Waals surface area (Å²) in [6, 6.07) is 6.28. The van der Waals surface area contributed by atoms with Gasteiger partial charge in [0.2, 0.25) is 0 Å². The van der Waals surface area contributed by atoms with Gasteiger partial charge < -0.3 is 15.0 Å². The summed E-state index contributed by atoms with van der Waals surface area (Å²) in [5, 5.41) is 3.31. The number of hydrogen-bond donors (Lipinski definition) is 1. The maximum absolute atomic E-state index is 5.86. The van der Waals surface area contributed by atoms with Crippen LogP contribution in [-0.4, -0.2) is 38.1 Å². The smallest absolute Gasteiger partial charge is 0.193 e. The first-order valence-corrected chi connectivity index (χ1v) is 6.58. The summed E-state index contributed by atoms with van der Waals surface area (Å²) in [5.74, 6) is 1.80. The SMILES string of the molecule is CN=C(NCc1ccc(C)cc1OC(C)C)N(C)C. The zero-order chi connectivity index (χ0) is 14.4. The average molecular weight is 263 g/mol. The maximum Gasteiger partial charge on any atom is 0.193 e. The Balaban J connectivity index is 2.82. The minimum Gasteiger partial charge on any atom is -0.491 e. The van der Waals surface area contributed by atoms with Gasteiger partial charge in [0.15, 0.2) is 5.96 Å². The Kier molecular flexibility index (Phi) is 5.67. The Bertz CT molecular complexity index is 439. The first-order chi connectivity index (χ1) is 8.93. The van der Waals surface area contributed by atoms with E-state index < -0.39 is 0 Å². The van der Waals surface area contributed by atoms with Crippen molar-refractivity contribution in [1.29, 1.82) is 0 Å². The summed E-state index contributed by atoms with van der Waals surface area (Å²) in [6.45, 7) is 6.85. The van der Waals surface area contributed by atoms with E-state index in [0.717, 1.165) is 17.3 Å². The van der Waals surface area contributed by atoms with Crippen molar-refractivity contribution in [3.8, 4) is 5.75 Å². The highest BCUT2D eigenvalue weighted by molar-refractivity contribution is 5.79. The van der Waals surface area contributed by atoms with Gasteiger partial charge in [-0.2, -0.15) is 0 Å². The van der Waals surface area contributed by atoms with Gasteiger partial charge in [-0.05, 0) is 32.4 Å². The van der Waals surface area contributed by atoms with E-state index in [2.05, 4.69) is 35.4 Å². The third-order valence-electron chi connectivity index (χ3n) is 2.66. The van der Waals surface area contributed by atoms with Gasteiger partial charge in [0, 0.05) is 33.3 Å². The normalized spacial score (nSPS) is 11.6. The standard InChI is InChI=1S/C15H25N3O/c1-11(2)19-14-9-12(3)7-8-13(14)10-17-15(16-4)18(5)6/h7-9,11H,10H2,1-6H3,(H,16,17). The molecule has 0 aliphatic heterocycles. The van der Waals surface area contributed by atoms with E-state index in [1.54, 1.807) is 7.05 Å². The number of hydrogen-bond acceptors (Lipinski definition) is 2. The number of guanidine groups is 1. The fourth-order valence-electron chi connectivity index (χ4n) is 1.78. The molecular formula is C15H25N3O. The van der Waals surface area contributed by atoms with Crippen molar-refractivity contribution >= 4 is 5.96 Å². The first-order valence-electron chi connectivity index (χ1n) is 6.58. The molecule has 19 heavy (non-hydrogen) atoms. The topological polar surface area (TPSA) is 36.9 Å². The lowest BCUT2D eigenvalue weighted by Gasteiger charge is -2.19.